The second-order valence-electron chi connectivity index (χ2n) is 10.6. The van der Waals surface area contributed by atoms with Crippen LogP contribution in [0.3, 0.4) is 0 Å². The molecule has 0 aliphatic carbocycles. The molecule has 1 aliphatic heterocycles. The summed E-state index contributed by atoms with van der Waals surface area (Å²) < 4.78 is 9.55. The Balaban J connectivity index is 1.55. The van der Waals surface area contributed by atoms with Crippen molar-refractivity contribution < 1.29 is 9.53 Å². The Bertz CT molecular complexity index is 1760. The number of carbonyl (C=O) groups is 1. The van der Waals surface area contributed by atoms with Crippen LogP contribution in [0.4, 0.5) is 0 Å². The Morgan fingerprint density at radius 2 is 1.88 bits per heavy atom. The van der Waals surface area contributed by atoms with Crippen molar-refractivity contribution in [3.63, 3.8) is 0 Å². The highest BCUT2D eigenvalue weighted by Crippen LogP contribution is 2.33. The molecule has 6 heterocycles. The third-order valence-electron chi connectivity index (χ3n) is 7.83. The molecule has 1 amide bonds. The van der Waals surface area contributed by atoms with E-state index >= 15 is 0 Å². The fourth-order valence-corrected chi connectivity index (χ4v) is 5.75. The molecule has 0 saturated carbocycles. The summed E-state index contributed by atoms with van der Waals surface area (Å²) in [7, 11) is 1.64. The first-order chi connectivity index (χ1) is 19.3. The Labute approximate surface area is 233 Å². The lowest BCUT2D eigenvalue weighted by Crippen LogP contribution is -2.46. The maximum atomic E-state index is 13.7. The fraction of sp³-hybridized carbons (Fsp3) is 0.367. The van der Waals surface area contributed by atoms with Crippen molar-refractivity contribution in [2.24, 2.45) is 0 Å². The number of ether oxygens (including phenoxy) is 1. The van der Waals surface area contributed by atoms with Gasteiger partial charge in [-0.2, -0.15) is 5.10 Å². The lowest BCUT2D eigenvalue weighted by molar-refractivity contribution is 0.0734. The molecule has 1 saturated heterocycles. The zero-order valence-electron chi connectivity index (χ0n) is 23.8. The van der Waals surface area contributed by atoms with Gasteiger partial charge in [-0.3, -0.25) is 14.8 Å². The molecule has 206 valence electrons. The van der Waals surface area contributed by atoms with Crippen LogP contribution < -0.4 is 10.1 Å². The SMILES string of the molecule is COc1ccncc1-c1cc2c(cnn2-c2cn3c(C)c(C(=O)N4CCNCC4)c(C)c3c(C(C)C)n2)c(C)n1. The minimum Gasteiger partial charge on any atom is -0.496 e. The Morgan fingerprint density at radius 3 is 2.60 bits per heavy atom. The molecular weight excluding hydrogens is 504 g/mol. The van der Waals surface area contributed by atoms with Gasteiger partial charge in [0.1, 0.15) is 5.75 Å². The van der Waals surface area contributed by atoms with Crippen LogP contribution in [-0.4, -0.2) is 73.2 Å². The third kappa shape index (κ3) is 4.10. The number of aromatic nitrogens is 6. The lowest BCUT2D eigenvalue weighted by Gasteiger charge is -2.27. The first-order valence-electron chi connectivity index (χ1n) is 13.7. The molecular formula is C30H34N8O2. The van der Waals surface area contributed by atoms with Gasteiger partial charge in [0.15, 0.2) is 5.82 Å². The van der Waals surface area contributed by atoms with E-state index in [9.17, 15) is 4.79 Å². The number of piperazine rings is 1. The molecule has 1 N–H and O–H groups in total. The molecule has 10 nitrogen and oxygen atoms in total. The van der Waals surface area contributed by atoms with Crippen LogP contribution >= 0.6 is 0 Å². The van der Waals surface area contributed by atoms with Gasteiger partial charge in [0.05, 0.1) is 53.1 Å². The summed E-state index contributed by atoms with van der Waals surface area (Å²) in [6, 6.07) is 3.83. The van der Waals surface area contributed by atoms with Crippen molar-refractivity contribution in [1.82, 2.24) is 39.3 Å². The third-order valence-corrected chi connectivity index (χ3v) is 7.83. The summed E-state index contributed by atoms with van der Waals surface area (Å²) in [6.45, 7) is 13.3. The Hall–Kier alpha value is -4.31. The molecule has 1 fully saturated rings. The van der Waals surface area contributed by atoms with E-state index in [2.05, 4.69) is 28.5 Å². The van der Waals surface area contributed by atoms with Gasteiger partial charge in [-0.25, -0.2) is 9.67 Å². The number of aryl methyl sites for hydroxylation is 3. The van der Waals surface area contributed by atoms with Crippen LogP contribution in [0.5, 0.6) is 5.75 Å². The predicted molar refractivity (Wildman–Crippen MR) is 154 cm³/mol. The first kappa shape index (κ1) is 25.9. The van der Waals surface area contributed by atoms with Crippen molar-refractivity contribution in [2.45, 2.75) is 40.5 Å². The molecule has 0 bridgehead atoms. The number of amides is 1. The van der Waals surface area contributed by atoms with Gasteiger partial charge >= 0.3 is 0 Å². The van der Waals surface area contributed by atoms with E-state index in [1.165, 1.54) is 0 Å². The van der Waals surface area contributed by atoms with E-state index < -0.39 is 0 Å². The van der Waals surface area contributed by atoms with E-state index in [0.29, 0.717) is 24.7 Å². The molecule has 6 rings (SSSR count). The average molecular weight is 539 g/mol. The molecule has 10 heteroatoms. The summed E-state index contributed by atoms with van der Waals surface area (Å²) in [5.41, 5.74) is 7.86. The predicted octanol–water partition coefficient (Wildman–Crippen LogP) is 4.23. The molecule has 0 radical (unpaired) electrons. The van der Waals surface area contributed by atoms with Crippen LogP contribution in [0.15, 0.2) is 36.9 Å². The van der Waals surface area contributed by atoms with Gasteiger partial charge in [-0.1, -0.05) is 13.8 Å². The molecule has 0 unspecified atom stereocenters. The minimum absolute atomic E-state index is 0.0813. The zero-order chi connectivity index (χ0) is 28.1. The summed E-state index contributed by atoms with van der Waals surface area (Å²) in [5.74, 6) is 1.60. The fourth-order valence-electron chi connectivity index (χ4n) is 5.75. The number of rotatable bonds is 5. The summed E-state index contributed by atoms with van der Waals surface area (Å²) in [6.07, 6.45) is 7.28. The lowest BCUT2D eigenvalue weighted by atomic mass is 10.0. The molecule has 0 atom stereocenters. The van der Waals surface area contributed by atoms with Gasteiger partial charge in [0.2, 0.25) is 0 Å². The topological polar surface area (TPSA) is 102 Å². The highest BCUT2D eigenvalue weighted by atomic mass is 16.5. The van der Waals surface area contributed by atoms with E-state index in [0.717, 1.165) is 69.0 Å². The second kappa shape index (κ2) is 10.0. The van der Waals surface area contributed by atoms with Crippen molar-refractivity contribution in [3.05, 3.63) is 65.1 Å². The van der Waals surface area contributed by atoms with Gasteiger partial charge in [-0.15, -0.1) is 0 Å². The maximum absolute atomic E-state index is 13.7. The number of pyridine rings is 2. The molecule has 40 heavy (non-hydrogen) atoms. The van der Waals surface area contributed by atoms with Crippen LogP contribution in [-0.2, 0) is 0 Å². The number of methoxy groups -OCH3 is 1. The van der Waals surface area contributed by atoms with Gasteiger partial charge in [-0.05, 0) is 44.4 Å². The number of hydrogen-bond donors (Lipinski definition) is 1. The molecule has 0 aromatic carbocycles. The highest BCUT2D eigenvalue weighted by Gasteiger charge is 2.27. The summed E-state index contributed by atoms with van der Waals surface area (Å²) >= 11 is 0. The zero-order valence-corrected chi connectivity index (χ0v) is 23.8. The van der Waals surface area contributed by atoms with E-state index in [1.807, 2.05) is 54.9 Å². The van der Waals surface area contributed by atoms with Crippen molar-refractivity contribution in [2.75, 3.05) is 33.3 Å². The largest absolute Gasteiger partial charge is 0.496 e. The average Bonchev–Trinajstić information content (AvgIpc) is 3.51. The van der Waals surface area contributed by atoms with Crippen molar-refractivity contribution >= 4 is 22.3 Å². The maximum Gasteiger partial charge on any atom is 0.256 e. The number of carbonyl (C=O) groups excluding carboxylic acids is 1. The first-order valence-corrected chi connectivity index (χ1v) is 13.7. The number of nitrogens with one attached hydrogen (secondary N) is 1. The van der Waals surface area contributed by atoms with Crippen molar-refractivity contribution in [1.29, 1.82) is 0 Å². The molecule has 1 aliphatic rings. The number of hydrogen-bond acceptors (Lipinski definition) is 7. The van der Waals surface area contributed by atoms with Crippen LogP contribution in [0.1, 0.15) is 52.8 Å². The van der Waals surface area contributed by atoms with Crippen LogP contribution in [0, 0.1) is 20.8 Å². The molecule has 5 aromatic rings. The smallest absolute Gasteiger partial charge is 0.256 e. The van der Waals surface area contributed by atoms with E-state index in [1.54, 1.807) is 19.5 Å². The Kier molecular flexibility index (Phi) is 6.50. The standard InChI is InChI=1S/C30H34N8O2/c1-17(2)28-29-18(3)27(30(39)36-11-9-31-10-12-36)20(5)37(29)16-26(35-28)38-24-13-23(34-19(4)21(24)15-33-38)22-14-32-8-7-25(22)40-6/h7-8,13-17,31H,9-12H2,1-6H3. The van der Waals surface area contributed by atoms with E-state index in [4.69, 9.17) is 19.8 Å². The summed E-state index contributed by atoms with van der Waals surface area (Å²) in [5, 5.41) is 9.02. The molecule has 5 aromatic heterocycles. The second-order valence-corrected chi connectivity index (χ2v) is 10.6. The van der Waals surface area contributed by atoms with Crippen LogP contribution in [0.25, 0.3) is 33.5 Å². The quantitative estimate of drug-likeness (QED) is 0.357. The highest BCUT2D eigenvalue weighted by molar-refractivity contribution is 5.99. The number of nitrogens with zero attached hydrogens (tertiary/aromatic N) is 7. The van der Waals surface area contributed by atoms with Crippen LogP contribution in [0.2, 0.25) is 0 Å². The summed E-state index contributed by atoms with van der Waals surface area (Å²) in [4.78, 5) is 29.9. The van der Waals surface area contributed by atoms with Crippen molar-refractivity contribution in [3.8, 4) is 22.8 Å². The molecule has 0 spiro atoms. The Morgan fingerprint density at radius 1 is 1.10 bits per heavy atom. The minimum atomic E-state index is 0.0813. The van der Waals surface area contributed by atoms with Gasteiger partial charge < -0.3 is 19.4 Å². The van der Waals surface area contributed by atoms with E-state index in [-0.39, 0.29) is 11.8 Å². The monoisotopic (exact) mass is 538 g/mol. The number of fused-ring (bicyclic) bond motifs is 2. The normalized spacial score (nSPS) is 14.0. The van der Waals surface area contributed by atoms with Gasteiger partial charge in [0.25, 0.3) is 5.91 Å². The van der Waals surface area contributed by atoms with Gasteiger partial charge in [0, 0.05) is 55.3 Å².